The third-order valence-electron chi connectivity index (χ3n) is 2.68. The van der Waals surface area contributed by atoms with Crippen LogP contribution in [0.3, 0.4) is 0 Å². The molecule has 7 heteroatoms. The Labute approximate surface area is 106 Å². The van der Waals surface area contributed by atoms with Gasteiger partial charge in [0, 0.05) is 19.6 Å². The van der Waals surface area contributed by atoms with Gasteiger partial charge in [-0.25, -0.2) is 8.42 Å². The maximum absolute atomic E-state index is 12.1. The molecule has 1 aromatic heterocycles. The van der Waals surface area contributed by atoms with Crippen molar-refractivity contribution in [2.45, 2.75) is 16.7 Å². The monoisotopic (exact) mass is 282 g/mol. The molecule has 1 aliphatic rings. The van der Waals surface area contributed by atoms with Crippen LogP contribution in [0.5, 0.6) is 0 Å². The number of sulfonamides is 1. The minimum absolute atomic E-state index is 0. The van der Waals surface area contributed by atoms with Crippen LogP contribution in [-0.4, -0.2) is 38.9 Å². The maximum Gasteiger partial charge on any atom is 0.252 e. The molecule has 0 radical (unpaired) electrons. The lowest BCUT2D eigenvalue weighted by molar-refractivity contribution is 0.389. The molecule has 16 heavy (non-hydrogen) atoms. The highest BCUT2D eigenvalue weighted by atomic mass is 35.5. The largest absolute Gasteiger partial charge is 0.315 e. The van der Waals surface area contributed by atoms with Gasteiger partial charge in [-0.05, 0) is 24.4 Å². The smallest absolute Gasteiger partial charge is 0.252 e. The van der Waals surface area contributed by atoms with Gasteiger partial charge in [-0.1, -0.05) is 6.07 Å². The first-order valence-electron chi connectivity index (χ1n) is 4.84. The zero-order chi connectivity index (χ0) is 10.9. The van der Waals surface area contributed by atoms with Gasteiger partial charge in [0.15, 0.2) is 0 Å². The van der Waals surface area contributed by atoms with Crippen molar-refractivity contribution in [1.82, 2.24) is 9.62 Å². The lowest BCUT2D eigenvalue weighted by Crippen LogP contribution is -2.37. The first kappa shape index (κ1) is 13.9. The Bertz CT molecular complexity index is 413. The van der Waals surface area contributed by atoms with Crippen molar-refractivity contribution in [3.05, 3.63) is 17.5 Å². The predicted molar refractivity (Wildman–Crippen MR) is 67.8 cm³/mol. The average Bonchev–Trinajstić information content (AvgIpc) is 2.89. The third-order valence-corrected chi connectivity index (χ3v) is 5.96. The van der Waals surface area contributed by atoms with Crippen molar-refractivity contribution in [2.75, 3.05) is 20.1 Å². The van der Waals surface area contributed by atoms with Gasteiger partial charge in [-0.2, -0.15) is 4.31 Å². The maximum atomic E-state index is 12.1. The van der Waals surface area contributed by atoms with Gasteiger partial charge in [0.25, 0.3) is 10.0 Å². The van der Waals surface area contributed by atoms with E-state index in [2.05, 4.69) is 5.32 Å². The van der Waals surface area contributed by atoms with Crippen LogP contribution >= 0.6 is 23.7 Å². The minimum Gasteiger partial charge on any atom is -0.315 e. The first-order valence-corrected chi connectivity index (χ1v) is 7.16. The SMILES string of the molecule is CN([C@H]1CCNC1)S(=O)(=O)c1cccs1.Cl. The highest BCUT2D eigenvalue weighted by molar-refractivity contribution is 7.91. The topological polar surface area (TPSA) is 49.4 Å². The fourth-order valence-corrected chi connectivity index (χ4v) is 4.26. The Kier molecular flexibility index (Phi) is 4.75. The van der Waals surface area contributed by atoms with E-state index in [0.717, 1.165) is 19.5 Å². The van der Waals surface area contributed by atoms with E-state index in [9.17, 15) is 8.42 Å². The van der Waals surface area contributed by atoms with Crippen LogP contribution in [0.2, 0.25) is 0 Å². The molecule has 1 atom stereocenters. The molecule has 2 heterocycles. The number of rotatable bonds is 3. The Morgan fingerprint density at radius 2 is 2.31 bits per heavy atom. The molecule has 1 saturated heterocycles. The van der Waals surface area contributed by atoms with Gasteiger partial charge < -0.3 is 5.32 Å². The van der Waals surface area contributed by atoms with Gasteiger partial charge in [-0.15, -0.1) is 23.7 Å². The molecule has 92 valence electrons. The van der Waals surface area contributed by atoms with Crippen molar-refractivity contribution < 1.29 is 8.42 Å². The lowest BCUT2D eigenvalue weighted by Gasteiger charge is -2.22. The summed E-state index contributed by atoms with van der Waals surface area (Å²) in [5.41, 5.74) is 0. The zero-order valence-corrected chi connectivity index (χ0v) is 11.4. The average molecular weight is 283 g/mol. The number of halogens is 1. The Morgan fingerprint density at radius 1 is 1.56 bits per heavy atom. The molecule has 0 unspecified atom stereocenters. The van der Waals surface area contributed by atoms with E-state index in [4.69, 9.17) is 0 Å². The molecule has 4 nitrogen and oxygen atoms in total. The highest BCUT2D eigenvalue weighted by Crippen LogP contribution is 2.22. The Hall–Kier alpha value is -0.140. The van der Waals surface area contributed by atoms with E-state index in [1.807, 2.05) is 0 Å². The molecule has 0 spiro atoms. The molecule has 0 aliphatic carbocycles. The summed E-state index contributed by atoms with van der Waals surface area (Å²) >= 11 is 1.27. The molecule has 0 bridgehead atoms. The normalized spacial score (nSPS) is 21.0. The summed E-state index contributed by atoms with van der Waals surface area (Å²) in [7, 11) is -1.61. The summed E-state index contributed by atoms with van der Waals surface area (Å²) < 4.78 is 26.1. The van der Waals surface area contributed by atoms with Crippen LogP contribution in [0.25, 0.3) is 0 Å². The van der Waals surface area contributed by atoms with E-state index < -0.39 is 10.0 Å². The van der Waals surface area contributed by atoms with E-state index in [-0.39, 0.29) is 18.4 Å². The van der Waals surface area contributed by atoms with Gasteiger partial charge in [-0.3, -0.25) is 0 Å². The molecule has 1 N–H and O–H groups in total. The number of hydrogen-bond acceptors (Lipinski definition) is 4. The van der Waals surface area contributed by atoms with Crippen LogP contribution in [0.15, 0.2) is 21.7 Å². The number of nitrogens with one attached hydrogen (secondary N) is 1. The second-order valence-corrected chi connectivity index (χ2v) is 6.77. The van der Waals surface area contributed by atoms with Crippen molar-refractivity contribution in [2.24, 2.45) is 0 Å². The number of likely N-dealkylation sites (N-methyl/N-ethyl adjacent to an activating group) is 1. The molecule has 0 amide bonds. The van der Waals surface area contributed by atoms with Crippen molar-refractivity contribution >= 4 is 33.8 Å². The number of nitrogens with zero attached hydrogens (tertiary/aromatic N) is 1. The van der Waals surface area contributed by atoms with Crippen LogP contribution in [0.1, 0.15) is 6.42 Å². The Balaban J connectivity index is 0.00000128. The highest BCUT2D eigenvalue weighted by Gasteiger charge is 2.30. The third kappa shape index (κ3) is 2.57. The van der Waals surface area contributed by atoms with Crippen LogP contribution in [0.4, 0.5) is 0 Å². The molecular formula is C9H15ClN2O2S2. The summed E-state index contributed by atoms with van der Waals surface area (Å²) in [6.45, 7) is 1.65. The van der Waals surface area contributed by atoms with Crippen molar-refractivity contribution in [3.63, 3.8) is 0 Å². The molecular weight excluding hydrogens is 268 g/mol. The van der Waals surface area contributed by atoms with Crippen LogP contribution in [0, 0.1) is 0 Å². The molecule has 1 fully saturated rings. The summed E-state index contributed by atoms with van der Waals surface area (Å²) in [4.78, 5) is 0. The second-order valence-electron chi connectivity index (χ2n) is 3.60. The van der Waals surface area contributed by atoms with Crippen LogP contribution in [-0.2, 0) is 10.0 Å². The van der Waals surface area contributed by atoms with Gasteiger partial charge >= 0.3 is 0 Å². The summed E-state index contributed by atoms with van der Waals surface area (Å²) in [6, 6.07) is 3.51. The number of hydrogen-bond donors (Lipinski definition) is 1. The van der Waals surface area contributed by atoms with E-state index >= 15 is 0 Å². The number of thiophene rings is 1. The fourth-order valence-electron chi connectivity index (χ4n) is 1.70. The zero-order valence-electron chi connectivity index (χ0n) is 8.92. The standard InChI is InChI=1S/C9H14N2O2S2.ClH/c1-11(8-4-5-10-7-8)15(12,13)9-3-2-6-14-9;/h2-3,6,8,10H,4-5,7H2,1H3;1H/t8-;/m0./s1. The van der Waals surface area contributed by atoms with Crippen LogP contribution < -0.4 is 5.32 Å². The molecule has 1 aliphatic heterocycles. The first-order chi connectivity index (χ1) is 7.12. The van der Waals surface area contributed by atoms with E-state index in [0.29, 0.717) is 4.21 Å². The van der Waals surface area contributed by atoms with Gasteiger partial charge in [0.2, 0.25) is 0 Å². The van der Waals surface area contributed by atoms with Crippen molar-refractivity contribution in [1.29, 1.82) is 0 Å². The second kappa shape index (κ2) is 5.46. The van der Waals surface area contributed by atoms with Gasteiger partial charge in [0.1, 0.15) is 4.21 Å². The summed E-state index contributed by atoms with van der Waals surface area (Å²) in [5.74, 6) is 0. The predicted octanol–water partition coefficient (Wildman–Crippen LogP) is 1.15. The molecule has 2 rings (SSSR count). The van der Waals surface area contributed by atoms with E-state index in [1.54, 1.807) is 24.6 Å². The van der Waals surface area contributed by atoms with Crippen molar-refractivity contribution in [3.8, 4) is 0 Å². The molecule has 0 aromatic carbocycles. The quantitative estimate of drug-likeness (QED) is 0.905. The molecule has 0 saturated carbocycles. The van der Waals surface area contributed by atoms with Gasteiger partial charge in [0.05, 0.1) is 0 Å². The lowest BCUT2D eigenvalue weighted by atomic mass is 10.3. The summed E-state index contributed by atoms with van der Waals surface area (Å²) in [6.07, 6.45) is 0.890. The fraction of sp³-hybridized carbons (Fsp3) is 0.556. The van der Waals surface area contributed by atoms with E-state index in [1.165, 1.54) is 15.6 Å². The molecule has 1 aromatic rings. The minimum atomic E-state index is -3.27. The Morgan fingerprint density at radius 3 is 2.81 bits per heavy atom. The summed E-state index contributed by atoms with van der Waals surface area (Å²) in [5, 5.41) is 4.95.